The van der Waals surface area contributed by atoms with E-state index in [4.69, 9.17) is 0 Å². The Balaban J connectivity index is 2.47. The van der Waals surface area contributed by atoms with Gasteiger partial charge in [-0.15, -0.1) is 0 Å². The van der Waals surface area contributed by atoms with Crippen LogP contribution >= 0.6 is 0 Å². The number of nitrogens with zero attached hydrogens (tertiary/aromatic N) is 2. The first kappa shape index (κ1) is 13.3. The van der Waals surface area contributed by atoms with Gasteiger partial charge in [0.2, 0.25) is 0 Å². The summed E-state index contributed by atoms with van der Waals surface area (Å²) in [5, 5.41) is 13.6. The number of hydrogen-bond donors (Lipinski definition) is 1. The molecule has 100 valence electrons. The quantitative estimate of drug-likeness (QED) is 0.915. The van der Waals surface area contributed by atoms with E-state index in [0.29, 0.717) is 12.2 Å². The Kier molecular flexibility index (Phi) is 3.69. The Bertz CT molecular complexity index is 615. The topological polar surface area (TPSA) is 55.1 Å². The Labute approximate surface area is 112 Å². The van der Waals surface area contributed by atoms with E-state index in [9.17, 15) is 9.90 Å². The van der Waals surface area contributed by atoms with Crippen LogP contribution in [0.15, 0.2) is 24.3 Å². The number of aromatic carboxylic acids is 1. The molecule has 2 aromatic rings. The largest absolute Gasteiger partial charge is 0.477 e. The highest BCUT2D eigenvalue weighted by Gasteiger charge is 2.14. The third-order valence-electron chi connectivity index (χ3n) is 3.24. The van der Waals surface area contributed by atoms with Crippen molar-refractivity contribution >= 4 is 5.97 Å². The Morgan fingerprint density at radius 3 is 2.58 bits per heavy atom. The van der Waals surface area contributed by atoms with E-state index >= 15 is 0 Å². The minimum absolute atomic E-state index is 0.245. The van der Waals surface area contributed by atoms with Gasteiger partial charge in [0.1, 0.15) is 5.69 Å². The van der Waals surface area contributed by atoms with Gasteiger partial charge in [-0.1, -0.05) is 19.1 Å². The van der Waals surface area contributed by atoms with Gasteiger partial charge in [0.15, 0.2) is 0 Å². The molecular formula is C15H18N2O2. The van der Waals surface area contributed by atoms with Gasteiger partial charge in [-0.25, -0.2) is 4.79 Å². The zero-order chi connectivity index (χ0) is 14.0. The van der Waals surface area contributed by atoms with Gasteiger partial charge in [-0.2, -0.15) is 5.10 Å². The number of rotatable bonds is 4. The molecule has 0 radical (unpaired) electrons. The van der Waals surface area contributed by atoms with Crippen molar-refractivity contribution in [3.05, 3.63) is 41.1 Å². The lowest BCUT2D eigenvalue weighted by atomic mass is 10.0. The standard InChI is InChI=1S/C15H18N2O2/c1-4-7-17-14(15(18)19)9-13(16-17)12-6-5-10(2)11(3)8-12/h5-6,8-9H,4,7H2,1-3H3,(H,18,19). The molecule has 0 aliphatic heterocycles. The van der Waals surface area contributed by atoms with Crippen LogP contribution in [0.25, 0.3) is 11.3 Å². The summed E-state index contributed by atoms with van der Waals surface area (Å²) in [5.41, 5.74) is 4.32. The maximum Gasteiger partial charge on any atom is 0.354 e. The van der Waals surface area contributed by atoms with Crippen molar-refractivity contribution in [2.75, 3.05) is 0 Å². The molecule has 0 aliphatic carbocycles. The van der Waals surface area contributed by atoms with Crippen LogP contribution in [0.2, 0.25) is 0 Å². The maximum absolute atomic E-state index is 11.2. The monoisotopic (exact) mass is 258 g/mol. The Morgan fingerprint density at radius 2 is 2.00 bits per heavy atom. The SMILES string of the molecule is CCCn1nc(-c2ccc(C)c(C)c2)cc1C(=O)O. The first-order chi connectivity index (χ1) is 9.02. The average Bonchev–Trinajstić information content (AvgIpc) is 2.77. The number of carboxylic acid groups (broad SMARTS) is 1. The molecule has 0 atom stereocenters. The van der Waals surface area contributed by atoms with E-state index in [-0.39, 0.29) is 5.69 Å². The van der Waals surface area contributed by atoms with Crippen LogP contribution < -0.4 is 0 Å². The highest BCUT2D eigenvalue weighted by Crippen LogP contribution is 2.22. The molecule has 1 aromatic carbocycles. The number of carbonyl (C=O) groups is 1. The Morgan fingerprint density at radius 1 is 1.26 bits per heavy atom. The number of aromatic nitrogens is 2. The Hall–Kier alpha value is -2.10. The third kappa shape index (κ3) is 2.67. The number of carboxylic acids is 1. The van der Waals surface area contributed by atoms with Gasteiger partial charge in [0, 0.05) is 12.1 Å². The van der Waals surface area contributed by atoms with Crippen LogP contribution in [0, 0.1) is 13.8 Å². The van der Waals surface area contributed by atoms with Crippen LogP contribution in [0.5, 0.6) is 0 Å². The average molecular weight is 258 g/mol. The van der Waals surface area contributed by atoms with Crippen LogP contribution in [0.3, 0.4) is 0 Å². The molecule has 2 rings (SSSR count). The lowest BCUT2D eigenvalue weighted by Crippen LogP contribution is -2.09. The van der Waals surface area contributed by atoms with Crippen molar-refractivity contribution in [2.24, 2.45) is 0 Å². The van der Waals surface area contributed by atoms with Gasteiger partial charge in [-0.05, 0) is 43.5 Å². The molecule has 4 nitrogen and oxygen atoms in total. The fourth-order valence-electron chi connectivity index (χ4n) is 2.01. The molecule has 0 aliphatic rings. The summed E-state index contributed by atoms with van der Waals surface area (Å²) in [6.45, 7) is 6.72. The van der Waals surface area contributed by atoms with Crippen molar-refractivity contribution in [2.45, 2.75) is 33.7 Å². The van der Waals surface area contributed by atoms with Gasteiger partial charge < -0.3 is 5.11 Å². The number of benzene rings is 1. The van der Waals surface area contributed by atoms with E-state index in [2.05, 4.69) is 12.0 Å². The smallest absolute Gasteiger partial charge is 0.354 e. The van der Waals surface area contributed by atoms with E-state index in [1.165, 1.54) is 11.1 Å². The minimum Gasteiger partial charge on any atom is -0.477 e. The number of aryl methyl sites for hydroxylation is 3. The van der Waals surface area contributed by atoms with Crippen molar-refractivity contribution < 1.29 is 9.90 Å². The van der Waals surface area contributed by atoms with Gasteiger partial charge in [0.25, 0.3) is 0 Å². The molecule has 0 bridgehead atoms. The molecule has 4 heteroatoms. The molecule has 1 heterocycles. The molecule has 0 fully saturated rings. The van der Waals surface area contributed by atoms with Crippen LogP contribution in [-0.4, -0.2) is 20.9 Å². The predicted octanol–water partition coefficient (Wildman–Crippen LogP) is 3.28. The van der Waals surface area contributed by atoms with E-state index in [1.54, 1.807) is 10.7 Å². The molecule has 0 spiro atoms. The molecular weight excluding hydrogens is 240 g/mol. The summed E-state index contributed by atoms with van der Waals surface area (Å²) in [6, 6.07) is 7.69. The molecule has 0 amide bonds. The summed E-state index contributed by atoms with van der Waals surface area (Å²) in [5.74, 6) is -0.934. The van der Waals surface area contributed by atoms with Crippen LogP contribution in [0.1, 0.15) is 35.0 Å². The first-order valence-corrected chi connectivity index (χ1v) is 6.41. The van der Waals surface area contributed by atoms with E-state index in [1.807, 2.05) is 32.0 Å². The van der Waals surface area contributed by atoms with Crippen molar-refractivity contribution in [3.63, 3.8) is 0 Å². The number of hydrogen-bond acceptors (Lipinski definition) is 2. The first-order valence-electron chi connectivity index (χ1n) is 6.41. The predicted molar refractivity (Wildman–Crippen MR) is 74.4 cm³/mol. The summed E-state index contributed by atoms with van der Waals surface area (Å²) in [4.78, 5) is 11.2. The lowest BCUT2D eigenvalue weighted by molar-refractivity contribution is 0.0683. The normalized spacial score (nSPS) is 10.7. The fraction of sp³-hybridized carbons (Fsp3) is 0.333. The fourth-order valence-corrected chi connectivity index (χ4v) is 2.01. The molecule has 0 saturated carbocycles. The zero-order valence-electron chi connectivity index (χ0n) is 11.5. The summed E-state index contributed by atoms with van der Waals surface area (Å²) < 4.78 is 1.56. The van der Waals surface area contributed by atoms with E-state index < -0.39 is 5.97 Å². The second kappa shape index (κ2) is 5.26. The second-order valence-electron chi connectivity index (χ2n) is 4.74. The molecule has 0 saturated heterocycles. The molecule has 19 heavy (non-hydrogen) atoms. The second-order valence-corrected chi connectivity index (χ2v) is 4.74. The highest BCUT2D eigenvalue weighted by atomic mass is 16.4. The maximum atomic E-state index is 11.2. The summed E-state index contributed by atoms with van der Waals surface area (Å²) in [6.07, 6.45) is 0.855. The van der Waals surface area contributed by atoms with Gasteiger partial charge >= 0.3 is 5.97 Å². The highest BCUT2D eigenvalue weighted by molar-refractivity contribution is 5.87. The van der Waals surface area contributed by atoms with Crippen molar-refractivity contribution in [3.8, 4) is 11.3 Å². The summed E-state index contributed by atoms with van der Waals surface area (Å²) >= 11 is 0. The molecule has 1 N–H and O–H groups in total. The lowest BCUT2D eigenvalue weighted by Gasteiger charge is -2.03. The van der Waals surface area contributed by atoms with Gasteiger partial charge in [-0.3, -0.25) is 4.68 Å². The van der Waals surface area contributed by atoms with E-state index in [0.717, 1.165) is 12.0 Å². The molecule has 0 unspecified atom stereocenters. The third-order valence-corrected chi connectivity index (χ3v) is 3.24. The van der Waals surface area contributed by atoms with Crippen molar-refractivity contribution in [1.29, 1.82) is 0 Å². The zero-order valence-corrected chi connectivity index (χ0v) is 11.5. The van der Waals surface area contributed by atoms with Gasteiger partial charge in [0.05, 0.1) is 5.69 Å². The summed E-state index contributed by atoms with van der Waals surface area (Å²) in [7, 11) is 0. The molecule has 1 aromatic heterocycles. The van der Waals surface area contributed by atoms with Crippen LogP contribution in [0.4, 0.5) is 0 Å². The van der Waals surface area contributed by atoms with Crippen molar-refractivity contribution in [1.82, 2.24) is 9.78 Å². The van der Waals surface area contributed by atoms with Crippen LogP contribution in [-0.2, 0) is 6.54 Å². The minimum atomic E-state index is -0.934.